The van der Waals surface area contributed by atoms with E-state index < -0.39 is 6.04 Å². The molecule has 0 aliphatic heterocycles. The van der Waals surface area contributed by atoms with Crippen LogP contribution in [0.25, 0.3) is 0 Å². The third-order valence-electron chi connectivity index (χ3n) is 5.54. The van der Waals surface area contributed by atoms with Crippen molar-refractivity contribution in [3.63, 3.8) is 0 Å². The largest absolute Gasteiger partial charge is 0.354 e. The lowest BCUT2D eigenvalue weighted by Crippen LogP contribution is -2.51. The second kappa shape index (κ2) is 12.6. The number of carbonyl (C=O) groups excluding carboxylic acids is 2. The maximum absolute atomic E-state index is 13.7. The van der Waals surface area contributed by atoms with Gasteiger partial charge in [-0.15, -0.1) is 0 Å². The smallest absolute Gasteiger partial charge is 0.243 e. The van der Waals surface area contributed by atoms with Crippen molar-refractivity contribution in [1.82, 2.24) is 10.2 Å². The summed E-state index contributed by atoms with van der Waals surface area (Å²) < 4.78 is 0. The second-order valence-corrected chi connectivity index (χ2v) is 9.54. The molecule has 3 rings (SSSR count). The summed E-state index contributed by atoms with van der Waals surface area (Å²) in [5.74, 6) is -0.0897. The van der Waals surface area contributed by atoms with Crippen LogP contribution in [0, 0.1) is 5.92 Å². The van der Waals surface area contributed by atoms with E-state index in [0.29, 0.717) is 41.0 Å². The fourth-order valence-electron chi connectivity index (χ4n) is 3.71. The Balaban J connectivity index is 1.97. The minimum atomic E-state index is -0.685. The number of hydrogen-bond donors (Lipinski definition) is 1. The van der Waals surface area contributed by atoms with Crippen molar-refractivity contribution >= 4 is 35.0 Å². The Hall–Kier alpha value is -2.82. The number of halogens is 2. The van der Waals surface area contributed by atoms with E-state index in [2.05, 4.69) is 5.32 Å². The zero-order valence-corrected chi connectivity index (χ0v) is 21.0. The third-order valence-corrected chi connectivity index (χ3v) is 6.25. The molecule has 4 nitrogen and oxygen atoms in total. The summed E-state index contributed by atoms with van der Waals surface area (Å²) in [6.45, 7) is 4.92. The van der Waals surface area contributed by atoms with Crippen molar-refractivity contribution in [2.75, 3.05) is 6.54 Å². The summed E-state index contributed by atoms with van der Waals surface area (Å²) in [5, 5.41) is 3.89. The van der Waals surface area contributed by atoms with Crippen LogP contribution in [0.5, 0.6) is 0 Å². The SMILES string of the molecule is CC(C)CNC(=O)[C@@H](Cc1ccccc1)N(Cc1ccccc1)C(=O)Cc1c(Cl)cccc1Cl. The average Bonchev–Trinajstić information content (AvgIpc) is 2.83. The van der Waals surface area contributed by atoms with E-state index in [9.17, 15) is 9.59 Å². The molecule has 0 fully saturated rings. The zero-order chi connectivity index (χ0) is 24.5. The molecular formula is C28H30Cl2N2O2. The molecule has 0 spiro atoms. The first-order valence-corrected chi connectivity index (χ1v) is 12.2. The van der Waals surface area contributed by atoms with Gasteiger partial charge in [-0.1, -0.05) is 104 Å². The van der Waals surface area contributed by atoms with Crippen LogP contribution >= 0.6 is 23.2 Å². The molecule has 0 radical (unpaired) electrons. The summed E-state index contributed by atoms with van der Waals surface area (Å²) in [4.78, 5) is 28.8. The van der Waals surface area contributed by atoms with Gasteiger partial charge in [0.2, 0.25) is 11.8 Å². The van der Waals surface area contributed by atoms with Gasteiger partial charge in [-0.25, -0.2) is 0 Å². The van der Waals surface area contributed by atoms with Crippen molar-refractivity contribution in [1.29, 1.82) is 0 Å². The average molecular weight is 497 g/mol. The Morgan fingerprint density at radius 3 is 1.94 bits per heavy atom. The molecule has 0 aromatic heterocycles. The second-order valence-electron chi connectivity index (χ2n) is 8.73. The van der Waals surface area contributed by atoms with E-state index in [1.807, 2.05) is 74.5 Å². The maximum Gasteiger partial charge on any atom is 0.243 e. The van der Waals surface area contributed by atoms with Gasteiger partial charge in [-0.05, 0) is 34.7 Å². The molecule has 2 amide bonds. The standard InChI is InChI=1S/C28H30Cl2N2O2/c1-20(2)18-31-28(34)26(16-21-10-5-3-6-11-21)32(19-22-12-7-4-8-13-22)27(33)17-23-24(29)14-9-15-25(23)30/h3-15,20,26H,16-19H2,1-2H3,(H,31,34)/t26-/m1/s1. The maximum atomic E-state index is 13.7. The van der Waals surface area contributed by atoms with E-state index in [1.165, 1.54) is 0 Å². The molecule has 3 aromatic carbocycles. The highest BCUT2D eigenvalue weighted by atomic mass is 35.5. The van der Waals surface area contributed by atoms with Gasteiger partial charge < -0.3 is 10.2 Å². The van der Waals surface area contributed by atoms with Crippen molar-refractivity contribution < 1.29 is 9.59 Å². The van der Waals surface area contributed by atoms with Gasteiger partial charge in [0.1, 0.15) is 6.04 Å². The van der Waals surface area contributed by atoms with Gasteiger partial charge in [0.25, 0.3) is 0 Å². The summed E-state index contributed by atoms with van der Waals surface area (Å²) in [7, 11) is 0. The summed E-state index contributed by atoms with van der Waals surface area (Å²) >= 11 is 12.7. The molecule has 178 valence electrons. The lowest BCUT2D eigenvalue weighted by Gasteiger charge is -2.32. The first kappa shape index (κ1) is 25.8. The van der Waals surface area contributed by atoms with Crippen LogP contribution in [0.4, 0.5) is 0 Å². The van der Waals surface area contributed by atoms with E-state index in [0.717, 1.165) is 11.1 Å². The predicted molar refractivity (Wildman–Crippen MR) is 139 cm³/mol. The van der Waals surface area contributed by atoms with Crippen LogP contribution in [0.1, 0.15) is 30.5 Å². The van der Waals surface area contributed by atoms with Gasteiger partial charge in [-0.3, -0.25) is 9.59 Å². The molecule has 0 bridgehead atoms. The topological polar surface area (TPSA) is 49.4 Å². The molecule has 0 saturated carbocycles. The molecular weight excluding hydrogens is 467 g/mol. The molecule has 0 saturated heterocycles. The Morgan fingerprint density at radius 1 is 0.824 bits per heavy atom. The Bertz CT molecular complexity index is 1070. The highest BCUT2D eigenvalue weighted by molar-refractivity contribution is 6.36. The molecule has 34 heavy (non-hydrogen) atoms. The Kier molecular flexibility index (Phi) is 9.55. The molecule has 1 N–H and O–H groups in total. The minimum Gasteiger partial charge on any atom is -0.354 e. The highest BCUT2D eigenvalue weighted by Gasteiger charge is 2.31. The number of carbonyl (C=O) groups is 2. The van der Waals surface area contributed by atoms with Crippen molar-refractivity contribution in [2.45, 2.75) is 39.3 Å². The number of hydrogen-bond acceptors (Lipinski definition) is 2. The fraction of sp³-hybridized carbons (Fsp3) is 0.286. The van der Waals surface area contributed by atoms with Gasteiger partial charge in [0.05, 0.1) is 6.42 Å². The molecule has 3 aromatic rings. The molecule has 1 atom stereocenters. The fourth-order valence-corrected chi connectivity index (χ4v) is 4.24. The Labute approximate surface area is 211 Å². The quantitative estimate of drug-likeness (QED) is 0.377. The summed E-state index contributed by atoms with van der Waals surface area (Å²) in [5.41, 5.74) is 2.49. The van der Waals surface area contributed by atoms with Gasteiger partial charge >= 0.3 is 0 Å². The highest BCUT2D eigenvalue weighted by Crippen LogP contribution is 2.26. The van der Waals surface area contributed by atoms with Gasteiger partial charge in [-0.2, -0.15) is 0 Å². The molecule has 0 aliphatic carbocycles. The normalized spacial score (nSPS) is 11.8. The number of rotatable bonds is 10. The van der Waals surface area contributed by atoms with Crippen LogP contribution in [0.15, 0.2) is 78.9 Å². The number of nitrogens with zero attached hydrogens (tertiary/aromatic N) is 1. The lowest BCUT2D eigenvalue weighted by molar-refractivity contribution is -0.140. The zero-order valence-electron chi connectivity index (χ0n) is 19.5. The molecule has 0 heterocycles. The first-order chi connectivity index (χ1) is 16.3. The van der Waals surface area contributed by atoms with E-state index in [1.54, 1.807) is 23.1 Å². The molecule has 0 unspecified atom stereocenters. The van der Waals surface area contributed by atoms with E-state index in [4.69, 9.17) is 23.2 Å². The summed E-state index contributed by atoms with van der Waals surface area (Å²) in [6.07, 6.45) is 0.410. The first-order valence-electron chi connectivity index (χ1n) is 11.4. The lowest BCUT2D eigenvalue weighted by atomic mass is 10.0. The number of nitrogens with one attached hydrogen (secondary N) is 1. The van der Waals surface area contributed by atoms with Crippen molar-refractivity contribution in [2.24, 2.45) is 5.92 Å². The van der Waals surface area contributed by atoms with Crippen LogP contribution in [0.2, 0.25) is 10.0 Å². The Morgan fingerprint density at radius 2 is 1.38 bits per heavy atom. The van der Waals surface area contributed by atoms with Crippen LogP contribution in [-0.2, 0) is 29.0 Å². The van der Waals surface area contributed by atoms with E-state index >= 15 is 0 Å². The third kappa shape index (κ3) is 7.34. The minimum absolute atomic E-state index is 0.00803. The van der Waals surface area contributed by atoms with Gasteiger partial charge in [0.15, 0.2) is 0 Å². The van der Waals surface area contributed by atoms with Crippen LogP contribution in [-0.4, -0.2) is 29.3 Å². The monoisotopic (exact) mass is 496 g/mol. The van der Waals surface area contributed by atoms with Crippen molar-refractivity contribution in [3.05, 3.63) is 106 Å². The van der Waals surface area contributed by atoms with Crippen LogP contribution < -0.4 is 5.32 Å². The summed E-state index contributed by atoms with van der Waals surface area (Å²) in [6, 6.07) is 23.9. The number of benzene rings is 3. The van der Waals surface area contributed by atoms with Gasteiger partial charge in [0, 0.05) is 29.6 Å². The molecule has 0 aliphatic rings. The van der Waals surface area contributed by atoms with Crippen LogP contribution in [0.3, 0.4) is 0 Å². The number of amides is 2. The molecule has 6 heteroatoms. The predicted octanol–water partition coefficient (Wildman–Crippen LogP) is 5.95. The van der Waals surface area contributed by atoms with E-state index in [-0.39, 0.29) is 18.2 Å². The van der Waals surface area contributed by atoms with Crippen molar-refractivity contribution in [3.8, 4) is 0 Å².